The number of aromatic nitrogens is 2. The van der Waals surface area contributed by atoms with Crippen LogP contribution in [0.5, 0.6) is 5.75 Å². The quantitative estimate of drug-likeness (QED) is 0.917. The van der Waals surface area contributed by atoms with E-state index in [1.54, 1.807) is 18.2 Å². The molecular weight excluding hydrogens is 299 g/mol. The van der Waals surface area contributed by atoms with Crippen LogP contribution in [-0.2, 0) is 19.8 Å². The van der Waals surface area contributed by atoms with Crippen LogP contribution in [0.15, 0.2) is 18.2 Å². The zero-order valence-electron chi connectivity index (χ0n) is 11.4. The number of hydrogen-bond donors (Lipinski definition) is 1. The first-order valence-corrected chi connectivity index (χ1v) is 7.06. The van der Waals surface area contributed by atoms with Gasteiger partial charge in [0.1, 0.15) is 12.4 Å². The Labute approximate surface area is 127 Å². The lowest BCUT2D eigenvalue weighted by molar-refractivity contribution is 0.280. The Morgan fingerprint density at radius 2 is 2.10 bits per heavy atom. The van der Waals surface area contributed by atoms with Crippen molar-refractivity contribution in [3.63, 3.8) is 0 Å². The normalized spacial score (nSPS) is 10.8. The van der Waals surface area contributed by atoms with Gasteiger partial charge in [-0.15, -0.1) is 0 Å². The van der Waals surface area contributed by atoms with Crippen molar-refractivity contribution in [2.24, 2.45) is 0 Å². The maximum Gasteiger partial charge on any atom is 0.138 e. The van der Waals surface area contributed by atoms with Crippen molar-refractivity contribution in [1.82, 2.24) is 9.78 Å². The molecule has 0 atom stereocenters. The third-order valence-electron chi connectivity index (χ3n) is 3.00. The number of hydrogen-bond acceptors (Lipinski definition) is 3. The summed E-state index contributed by atoms with van der Waals surface area (Å²) in [5, 5.41) is 14.5. The van der Waals surface area contributed by atoms with Gasteiger partial charge in [0.25, 0.3) is 0 Å². The van der Waals surface area contributed by atoms with E-state index in [2.05, 4.69) is 5.10 Å². The average molecular weight is 315 g/mol. The first kappa shape index (κ1) is 15.2. The summed E-state index contributed by atoms with van der Waals surface area (Å²) >= 11 is 12.3. The molecule has 2 aromatic rings. The molecule has 0 aliphatic heterocycles. The van der Waals surface area contributed by atoms with Gasteiger partial charge in [-0.2, -0.15) is 5.10 Å². The Morgan fingerprint density at radius 3 is 2.70 bits per heavy atom. The van der Waals surface area contributed by atoms with Crippen LogP contribution in [0.25, 0.3) is 0 Å². The van der Waals surface area contributed by atoms with Crippen LogP contribution in [-0.4, -0.2) is 14.9 Å². The van der Waals surface area contributed by atoms with E-state index in [4.69, 9.17) is 33.0 Å². The molecule has 0 aliphatic carbocycles. The number of benzene rings is 1. The second-order valence-electron chi connectivity index (χ2n) is 4.37. The fraction of sp³-hybridized carbons (Fsp3) is 0.357. The van der Waals surface area contributed by atoms with E-state index in [0.29, 0.717) is 22.4 Å². The Kier molecular flexibility index (Phi) is 4.91. The Morgan fingerprint density at radius 1 is 1.35 bits per heavy atom. The van der Waals surface area contributed by atoms with E-state index < -0.39 is 0 Å². The molecule has 1 aromatic heterocycles. The highest BCUT2D eigenvalue weighted by molar-refractivity contribution is 6.32. The van der Waals surface area contributed by atoms with Crippen molar-refractivity contribution in [2.75, 3.05) is 0 Å². The molecule has 1 aromatic carbocycles. The molecular formula is C14H16Cl2N2O2. The van der Waals surface area contributed by atoms with E-state index in [1.807, 2.05) is 18.5 Å². The molecule has 0 fully saturated rings. The third-order valence-corrected chi connectivity index (χ3v) is 3.78. The van der Waals surface area contributed by atoms with E-state index in [9.17, 15) is 0 Å². The predicted molar refractivity (Wildman–Crippen MR) is 79.4 cm³/mol. The van der Waals surface area contributed by atoms with Gasteiger partial charge in [-0.1, -0.05) is 29.3 Å². The van der Waals surface area contributed by atoms with Gasteiger partial charge in [0.15, 0.2) is 0 Å². The minimum Gasteiger partial charge on any atom is -0.486 e. The molecule has 6 heteroatoms. The monoisotopic (exact) mass is 314 g/mol. The molecule has 1 N–H and O–H groups in total. The van der Waals surface area contributed by atoms with Crippen molar-refractivity contribution in [3.8, 4) is 5.75 Å². The predicted octanol–water partition coefficient (Wildman–Crippen LogP) is 3.59. The summed E-state index contributed by atoms with van der Waals surface area (Å²) in [6.07, 6.45) is 0. The Balaban J connectivity index is 2.17. The highest BCUT2D eigenvalue weighted by atomic mass is 35.5. The fourth-order valence-corrected chi connectivity index (χ4v) is 2.36. The summed E-state index contributed by atoms with van der Waals surface area (Å²) in [6, 6.07) is 5.19. The minimum atomic E-state index is -0.0480. The molecule has 0 spiro atoms. The molecule has 2 rings (SSSR count). The van der Waals surface area contributed by atoms with Crippen LogP contribution in [0.2, 0.25) is 10.0 Å². The molecule has 0 unspecified atom stereocenters. The lowest BCUT2D eigenvalue weighted by Gasteiger charge is -2.10. The summed E-state index contributed by atoms with van der Waals surface area (Å²) in [6.45, 7) is 4.83. The maximum absolute atomic E-state index is 9.04. The first-order valence-electron chi connectivity index (χ1n) is 6.30. The zero-order valence-corrected chi connectivity index (χ0v) is 12.9. The van der Waals surface area contributed by atoms with Crippen molar-refractivity contribution >= 4 is 23.2 Å². The van der Waals surface area contributed by atoms with E-state index >= 15 is 0 Å². The van der Waals surface area contributed by atoms with Gasteiger partial charge >= 0.3 is 0 Å². The Bertz CT molecular complexity index is 611. The van der Waals surface area contributed by atoms with Gasteiger partial charge in [0.2, 0.25) is 0 Å². The molecule has 20 heavy (non-hydrogen) atoms. The summed E-state index contributed by atoms with van der Waals surface area (Å²) in [4.78, 5) is 0. The number of aliphatic hydroxyl groups is 1. The molecule has 0 saturated carbocycles. The number of rotatable bonds is 5. The van der Waals surface area contributed by atoms with Crippen LogP contribution in [0, 0.1) is 6.92 Å². The number of halogens is 2. The van der Waals surface area contributed by atoms with E-state index in [1.165, 1.54) is 0 Å². The van der Waals surface area contributed by atoms with Crippen LogP contribution < -0.4 is 4.74 Å². The second kappa shape index (κ2) is 6.48. The van der Waals surface area contributed by atoms with Crippen LogP contribution in [0.3, 0.4) is 0 Å². The van der Waals surface area contributed by atoms with Gasteiger partial charge in [-0.3, -0.25) is 4.68 Å². The molecule has 1 heterocycles. The highest BCUT2D eigenvalue weighted by Gasteiger charge is 2.13. The molecule has 0 radical (unpaired) electrons. The van der Waals surface area contributed by atoms with Crippen molar-refractivity contribution in [3.05, 3.63) is 45.2 Å². The van der Waals surface area contributed by atoms with Gasteiger partial charge in [0, 0.05) is 6.54 Å². The molecule has 4 nitrogen and oxygen atoms in total. The first-order chi connectivity index (χ1) is 9.56. The van der Waals surface area contributed by atoms with E-state index in [0.717, 1.165) is 23.5 Å². The number of ether oxygens (including phenoxy) is 1. The van der Waals surface area contributed by atoms with Crippen molar-refractivity contribution in [2.45, 2.75) is 33.6 Å². The molecule has 108 valence electrons. The topological polar surface area (TPSA) is 47.3 Å². The SMILES string of the molecule is CCn1nc(C)c(Cl)c1COc1ccc(CO)cc1Cl. The van der Waals surface area contributed by atoms with Crippen LogP contribution in [0.1, 0.15) is 23.9 Å². The molecule has 0 bridgehead atoms. The lowest BCUT2D eigenvalue weighted by Crippen LogP contribution is -2.06. The number of nitrogens with zero attached hydrogens (tertiary/aromatic N) is 2. The zero-order chi connectivity index (χ0) is 14.7. The van der Waals surface area contributed by atoms with Gasteiger partial charge in [-0.05, 0) is 31.5 Å². The Hall–Kier alpha value is -1.23. The average Bonchev–Trinajstić information content (AvgIpc) is 2.73. The number of aliphatic hydroxyl groups excluding tert-OH is 1. The maximum atomic E-state index is 9.04. The van der Waals surface area contributed by atoms with E-state index in [-0.39, 0.29) is 6.61 Å². The molecule has 0 saturated heterocycles. The van der Waals surface area contributed by atoms with Crippen LogP contribution >= 0.6 is 23.2 Å². The largest absolute Gasteiger partial charge is 0.486 e. The number of aryl methyl sites for hydroxylation is 2. The molecule has 0 amide bonds. The van der Waals surface area contributed by atoms with Gasteiger partial charge < -0.3 is 9.84 Å². The highest BCUT2D eigenvalue weighted by Crippen LogP contribution is 2.28. The minimum absolute atomic E-state index is 0.0480. The smallest absolute Gasteiger partial charge is 0.138 e. The summed E-state index contributed by atoms with van der Waals surface area (Å²) in [7, 11) is 0. The summed E-state index contributed by atoms with van der Waals surface area (Å²) in [5.74, 6) is 0.557. The summed E-state index contributed by atoms with van der Waals surface area (Å²) in [5.41, 5.74) is 2.36. The second-order valence-corrected chi connectivity index (χ2v) is 5.16. The fourth-order valence-electron chi connectivity index (χ4n) is 1.91. The standard InChI is InChI=1S/C14H16Cl2N2O2/c1-3-18-12(14(16)9(2)17-18)8-20-13-5-4-10(7-19)6-11(13)15/h4-6,19H,3,7-8H2,1-2H3. The van der Waals surface area contributed by atoms with Crippen molar-refractivity contribution in [1.29, 1.82) is 0 Å². The van der Waals surface area contributed by atoms with Gasteiger partial charge in [-0.25, -0.2) is 0 Å². The van der Waals surface area contributed by atoms with Crippen molar-refractivity contribution < 1.29 is 9.84 Å². The lowest BCUT2D eigenvalue weighted by atomic mass is 10.2. The van der Waals surface area contributed by atoms with Gasteiger partial charge in [0.05, 0.1) is 28.0 Å². The summed E-state index contributed by atoms with van der Waals surface area (Å²) < 4.78 is 7.51. The third kappa shape index (κ3) is 3.08. The van der Waals surface area contributed by atoms with Crippen LogP contribution in [0.4, 0.5) is 0 Å². The molecule has 0 aliphatic rings.